The van der Waals surface area contributed by atoms with Gasteiger partial charge < -0.3 is 19.5 Å². The Bertz CT molecular complexity index is 724. The van der Waals surface area contributed by atoms with Gasteiger partial charge in [-0.3, -0.25) is 9.78 Å². The van der Waals surface area contributed by atoms with E-state index in [9.17, 15) is 4.79 Å². The van der Waals surface area contributed by atoms with Crippen LogP contribution in [0, 0.1) is 0 Å². The standard InChI is InChI=1S/C14H17N3O4/c1-5-6-15-14-16-8-7-9(19-2)11(20-3)12(21-4)10(8)13(18)17-14/h5,7H,1,6H2,2-4H3,(H2,15,16,17,18). The molecule has 0 spiro atoms. The molecule has 112 valence electrons. The number of hydrogen-bond donors (Lipinski definition) is 2. The summed E-state index contributed by atoms with van der Waals surface area (Å²) in [7, 11) is 4.45. The third kappa shape index (κ3) is 2.62. The number of benzene rings is 1. The minimum absolute atomic E-state index is 0.288. The Hall–Kier alpha value is -2.70. The molecule has 0 fully saturated rings. The maximum atomic E-state index is 12.3. The van der Waals surface area contributed by atoms with Crippen LogP contribution in [0.1, 0.15) is 0 Å². The predicted octanol–water partition coefficient (Wildman–Crippen LogP) is 1.55. The number of nitrogens with one attached hydrogen (secondary N) is 2. The molecule has 0 radical (unpaired) electrons. The lowest BCUT2D eigenvalue weighted by Gasteiger charge is -2.14. The van der Waals surface area contributed by atoms with Gasteiger partial charge in [0, 0.05) is 12.6 Å². The lowest BCUT2D eigenvalue weighted by atomic mass is 10.2. The molecule has 0 aliphatic carbocycles. The molecule has 7 heteroatoms. The average molecular weight is 291 g/mol. The molecule has 2 aromatic rings. The van der Waals surface area contributed by atoms with Crippen LogP contribution in [-0.4, -0.2) is 37.8 Å². The van der Waals surface area contributed by atoms with Crippen molar-refractivity contribution in [3.8, 4) is 17.2 Å². The van der Waals surface area contributed by atoms with Crippen LogP contribution in [0.25, 0.3) is 10.9 Å². The molecule has 0 atom stereocenters. The first-order valence-electron chi connectivity index (χ1n) is 6.24. The number of aromatic nitrogens is 2. The van der Waals surface area contributed by atoms with Crippen LogP contribution in [0.5, 0.6) is 17.2 Å². The lowest BCUT2D eigenvalue weighted by molar-refractivity contribution is 0.327. The zero-order chi connectivity index (χ0) is 15.4. The minimum atomic E-state index is -0.329. The maximum absolute atomic E-state index is 12.3. The molecule has 0 aliphatic heterocycles. The van der Waals surface area contributed by atoms with E-state index in [2.05, 4.69) is 21.9 Å². The van der Waals surface area contributed by atoms with Crippen LogP contribution >= 0.6 is 0 Å². The van der Waals surface area contributed by atoms with Crippen molar-refractivity contribution in [2.24, 2.45) is 0 Å². The largest absolute Gasteiger partial charge is 0.493 e. The van der Waals surface area contributed by atoms with Gasteiger partial charge in [-0.1, -0.05) is 6.08 Å². The second-order valence-corrected chi connectivity index (χ2v) is 4.12. The van der Waals surface area contributed by atoms with E-state index in [0.29, 0.717) is 34.9 Å². The van der Waals surface area contributed by atoms with E-state index in [4.69, 9.17) is 14.2 Å². The summed E-state index contributed by atoms with van der Waals surface area (Å²) in [4.78, 5) is 19.3. The molecular formula is C14H17N3O4. The van der Waals surface area contributed by atoms with Gasteiger partial charge in [0.15, 0.2) is 11.5 Å². The van der Waals surface area contributed by atoms with E-state index in [1.165, 1.54) is 21.3 Å². The van der Waals surface area contributed by atoms with Crippen molar-refractivity contribution in [1.29, 1.82) is 0 Å². The Morgan fingerprint density at radius 1 is 1.29 bits per heavy atom. The van der Waals surface area contributed by atoms with E-state index >= 15 is 0 Å². The van der Waals surface area contributed by atoms with Gasteiger partial charge in [-0.05, 0) is 0 Å². The Balaban J connectivity index is 2.75. The van der Waals surface area contributed by atoms with Gasteiger partial charge in [0.1, 0.15) is 5.39 Å². The van der Waals surface area contributed by atoms with Gasteiger partial charge in [-0.15, -0.1) is 6.58 Å². The number of anilines is 1. The first kappa shape index (κ1) is 14.7. The van der Waals surface area contributed by atoms with Gasteiger partial charge in [-0.2, -0.15) is 0 Å². The predicted molar refractivity (Wildman–Crippen MR) is 80.7 cm³/mol. The molecule has 21 heavy (non-hydrogen) atoms. The van der Waals surface area contributed by atoms with Crippen LogP contribution in [0.3, 0.4) is 0 Å². The third-order valence-corrected chi connectivity index (χ3v) is 2.91. The Morgan fingerprint density at radius 3 is 2.57 bits per heavy atom. The van der Waals surface area contributed by atoms with E-state index in [0.717, 1.165) is 0 Å². The Morgan fingerprint density at radius 2 is 2.00 bits per heavy atom. The second-order valence-electron chi connectivity index (χ2n) is 4.12. The van der Waals surface area contributed by atoms with E-state index < -0.39 is 0 Å². The van der Waals surface area contributed by atoms with Gasteiger partial charge in [0.25, 0.3) is 5.56 Å². The van der Waals surface area contributed by atoms with Crippen LogP contribution < -0.4 is 25.1 Å². The zero-order valence-electron chi connectivity index (χ0n) is 12.1. The maximum Gasteiger partial charge on any atom is 0.264 e. The Kier molecular flexibility index (Phi) is 4.32. The van der Waals surface area contributed by atoms with Crippen molar-refractivity contribution in [3.63, 3.8) is 0 Å². The summed E-state index contributed by atoms with van der Waals surface area (Å²) in [6, 6.07) is 1.63. The minimum Gasteiger partial charge on any atom is -0.493 e. The van der Waals surface area contributed by atoms with E-state index in [1.807, 2.05) is 0 Å². The van der Waals surface area contributed by atoms with E-state index in [1.54, 1.807) is 12.1 Å². The topological polar surface area (TPSA) is 85.5 Å². The number of fused-ring (bicyclic) bond motifs is 1. The van der Waals surface area contributed by atoms with Crippen molar-refractivity contribution in [1.82, 2.24) is 9.97 Å². The summed E-state index contributed by atoms with van der Waals surface area (Å²) in [5.41, 5.74) is 0.115. The Labute approximate surface area is 121 Å². The number of rotatable bonds is 6. The van der Waals surface area contributed by atoms with Crippen LogP contribution in [-0.2, 0) is 0 Å². The fourth-order valence-corrected chi connectivity index (χ4v) is 2.02. The highest BCUT2D eigenvalue weighted by molar-refractivity contribution is 5.90. The molecule has 1 aromatic heterocycles. The molecule has 7 nitrogen and oxygen atoms in total. The van der Waals surface area contributed by atoms with Crippen LogP contribution in [0.15, 0.2) is 23.5 Å². The molecule has 1 heterocycles. The fourth-order valence-electron chi connectivity index (χ4n) is 2.02. The van der Waals surface area contributed by atoms with Crippen molar-refractivity contribution >= 4 is 16.9 Å². The van der Waals surface area contributed by atoms with Crippen LogP contribution in [0.2, 0.25) is 0 Å². The summed E-state index contributed by atoms with van der Waals surface area (Å²) in [5.74, 6) is 1.43. The number of nitrogens with zero attached hydrogens (tertiary/aromatic N) is 1. The van der Waals surface area contributed by atoms with Gasteiger partial charge >= 0.3 is 0 Å². The van der Waals surface area contributed by atoms with E-state index in [-0.39, 0.29) is 11.3 Å². The SMILES string of the molecule is C=CCNc1nc2cc(OC)c(OC)c(OC)c2c(=O)[nH]1. The first-order chi connectivity index (χ1) is 10.2. The van der Waals surface area contributed by atoms with Crippen molar-refractivity contribution in [2.75, 3.05) is 33.2 Å². The summed E-state index contributed by atoms with van der Waals surface area (Å²) in [6.45, 7) is 4.08. The summed E-state index contributed by atoms with van der Waals surface area (Å²) < 4.78 is 15.8. The monoisotopic (exact) mass is 291 g/mol. The molecule has 0 bridgehead atoms. The molecule has 2 N–H and O–H groups in total. The highest BCUT2D eigenvalue weighted by atomic mass is 16.5. The number of hydrogen-bond acceptors (Lipinski definition) is 6. The van der Waals surface area contributed by atoms with Gasteiger partial charge in [0.2, 0.25) is 11.7 Å². The van der Waals surface area contributed by atoms with Gasteiger partial charge in [0.05, 0.1) is 26.8 Å². The van der Waals surface area contributed by atoms with Crippen molar-refractivity contribution in [2.45, 2.75) is 0 Å². The molecule has 0 aliphatic rings. The lowest BCUT2D eigenvalue weighted by Crippen LogP contribution is -2.14. The summed E-state index contributed by atoms with van der Waals surface area (Å²) >= 11 is 0. The van der Waals surface area contributed by atoms with Gasteiger partial charge in [-0.25, -0.2) is 4.98 Å². The third-order valence-electron chi connectivity index (χ3n) is 2.91. The smallest absolute Gasteiger partial charge is 0.264 e. The quantitative estimate of drug-likeness (QED) is 0.785. The molecule has 0 unspecified atom stereocenters. The highest BCUT2D eigenvalue weighted by Gasteiger charge is 2.19. The normalized spacial score (nSPS) is 10.2. The molecule has 0 amide bonds. The first-order valence-corrected chi connectivity index (χ1v) is 6.24. The summed E-state index contributed by atoms with van der Waals surface area (Å²) in [5, 5.41) is 3.24. The highest BCUT2D eigenvalue weighted by Crippen LogP contribution is 2.41. The molecular weight excluding hydrogens is 274 g/mol. The molecule has 0 saturated heterocycles. The average Bonchev–Trinajstić information content (AvgIpc) is 2.50. The number of aromatic amines is 1. The number of methoxy groups -OCH3 is 3. The van der Waals surface area contributed by atoms with Crippen LogP contribution in [0.4, 0.5) is 5.95 Å². The zero-order valence-corrected chi connectivity index (χ0v) is 12.1. The van der Waals surface area contributed by atoms with Crippen molar-refractivity contribution in [3.05, 3.63) is 29.1 Å². The molecule has 0 saturated carbocycles. The number of H-pyrrole nitrogens is 1. The van der Waals surface area contributed by atoms with Crippen molar-refractivity contribution < 1.29 is 14.2 Å². The summed E-state index contributed by atoms with van der Waals surface area (Å²) in [6.07, 6.45) is 1.67. The molecule has 1 aromatic carbocycles. The number of ether oxygens (including phenoxy) is 3. The second kappa shape index (κ2) is 6.17. The molecule has 2 rings (SSSR count). The fraction of sp³-hybridized carbons (Fsp3) is 0.286.